The van der Waals surface area contributed by atoms with Crippen molar-refractivity contribution in [1.82, 2.24) is 9.13 Å². The van der Waals surface area contributed by atoms with Crippen LogP contribution in [-0.4, -0.2) is 9.13 Å². The van der Waals surface area contributed by atoms with E-state index in [2.05, 4.69) is 167 Å². The van der Waals surface area contributed by atoms with Crippen LogP contribution in [0, 0.1) is 0 Å². The fourth-order valence-corrected chi connectivity index (χ4v) is 8.83. The summed E-state index contributed by atoms with van der Waals surface area (Å²) in [5.74, 6) is 1.25. The molecule has 2 aliphatic rings. The van der Waals surface area contributed by atoms with Gasteiger partial charge in [0.15, 0.2) is 0 Å². The molecule has 0 aliphatic heterocycles. The minimum absolute atomic E-state index is 0.186. The Morgan fingerprint density at radius 3 is 2.16 bits per heavy atom. The largest absolute Gasteiger partial charge is 0.460 e. The molecule has 9 aromatic rings. The summed E-state index contributed by atoms with van der Waals surface area (Å²) in [6, 6.07) is 51.1. The van der Waals surface area contributed by atoms with Crippen molar-refractivity contribution in [1.29, 1.82) is 0 Å². The van der Waals surface area contributed by atoms with Crippen molar-refractivity contribution in [2.24, 2.45) is 0 Å². The van der Waals surface area contributed by atoms with Crippen molar-refractivity contribution in [3.63, 3.8) is 0 Å². The minimum atomic E-state index is 0.186. The first-order valence-corrected chi connectivity index (χ1v) is 18.0. The van der Waals surface area contributed by atoms with E-state index in [9.17, 15) is 0 Å². The molecule has 0 bridgehead atoms. The fourth-order valence-electron chi connectivity index (χ4n) is 8.83. The third-order valence-corrected chi connectivity index (χ3v) is 11.1. The molecule has 3 nitrogen and oxygen atoms in total. The Bertz CT molecular complexity index is 2910. The van der Waals surface area contributed by atoms with Gasteiger partial charge in [0.1, 0.15) is 11.3 Å². The standard InChI is InChI=1S/C48H34N2O/c1-5-22-43-37(16-1)38-17-2-6-23-44(38)50(43)35-26-27-46-42(30-35)39-18-3-7-24-45(39)49(46)34-15-10-13-32(29-34)31-12-9-14-33(28-31)36-20-11-21-41-40-19-4-8-25-47(40)51-48(36)41/h1,3-16,18-19,21-30,36H,2,17,20H2. The number of rotatable bonds is 4. The first-order valence-electron chi connectivity index (χ1n) is 18.0. The maximum absolute atomic E-state index is 6.47. The number of nitrogens with zero attached hydrogens (tertiary/aromatic N) is 2. The average Bonchev–Trinajstić information content (AvgIpc) is 3.86. The van der Waals surface area contributed by atoms with E-state index in [4.69, 9.17) is 4.42 Å². The quantitative estimate of drug-likeness (QED) is 0.185. The summed E-state index contributed by atoms with van der Waals surface area (Å²) >= 11 is 0. The predicted molar refractivity (Wildman–Crippen MR) is 212 cm³/mol. The molecule has 0 amide bonds. The van der Waals surface area contributed by atoms with Gasteiger partial charge < -0.3 is 13.6 Å². The van der Waals surface area contributed by atoms with Gasteiger partial charge in [0.25, 0.3) is 0 Å². The van der Waals surface area contributed by atoms with Crippen molar-refractivity contribution >= 4 is 55.8 Å². The monoisotopic (exact) mass is 654 g/mol. The summed E-state index contributed by atoms with van der Waals surface area (Å²) in [6.45, 7) is 0. The number of fused-ring (bicyclic) bond motifs is 9. The first-order chi connectivity index (χ1) is 25.3. The van der Waals surface area contributed by atoms with E-state index in [1.54, 1.807) is 0 Å². The number of para-hydroxylation sites is 3. The molecule has 6 aromatic carbocycles. The van der Waals surface area contributed by atoms with Gasteiger partial charge in [-0.15, -0.1) is 0 Å². The van der Waals surface area contributed by atoms with Crippen molar-refractivity contribution in [3.05, 3.63) is 180 Å². The predicted octanol–water partition coefficient (Wildman–Crippen LogP) is 12.6. The van der Waals surface area contributed by atoms with Crippen molar-refractivity contribution in [2.45, 2.75) is 25.2 Å². The van der Waals surface area contributed by atoms with Gasteiger partial charge in [-0.05, 0) is 96.1 Å². The number of benzene rings is 6. The van der Waals surface area contributed by atoms with Crippen LogP contribution in [0.2, 0.25) is 0 Å². The first kappa shape index (κ1) is 28.5. The molecular formula is C48H34N2O. The lowest BCUT2D eigenvalue weighted by atomic mass is 9.85. The lowest BCUT2D eigenvalue weighted by Crippen LogP contribution is -2.03. The Kier molecular flexibility index (Phi) is 6.20. The summed E-state index contributed by atoms with van der Waals surface area (Å²) in [6.07, 6.45) is 12.2. The molecular weight excluding hydrogens is 621 g/mol. The average molecular weight is 655 g/mol. The third-order valence-electron chi connectivity index (χ3n) is 11.1. The molecule has 1 unspecified atom stereocenters. The van der Waals surface area contributed by atoms with Gasteiger partial charge in [-0.2, -0.15) is 0 Å². The maximum Gasteiger partial charge on any atom is 0.134 e. The number of aryl methyl sites for hydroxylation is 1. The molecule has 0 fully saturated rings. The van der Waals surface area contributed by atoms with E-state index in [1.165, 1.54) is 77.3 Å². The van der Waals surface area contributed by atoms with Gasteiger partial charge in [-0.3, -0.25) is 0 Å². The van der Waals surface area contributed by atoms with Gasteiger partial charge in [0.05, 0.1) is 16.6 Å². The van der Waals surface area contributed by atoms with Crippen LogP contribution in [0.25, 0.3) is 78.3 Å². The molecule has 0 spiro atoms. The van der Waals surface area contributed by atoms with E-state index in [-0.39, 0.29) is 5.92 Å². The van der Waals surface area contributed by atoms with Crippen LogP contribution in [0.5, 0.6) is 0 Å². The summed E-state index contributed by atoms with van der Waals surface area (Å²) in [5.41, 5.74) is 14.7. The molecule has 3 aromatic heterocycles. The Morgan fingerprint density at radius 2 is 1.25 bits per heavy atom. The van der Waals surface area contributed by atoms with Gasteiger partial charge in [-0.25, -0.2) is 0 Å². The fraction of sp³-hybridized carbons (Fsp3) is 0.0833. The summed E-state index contributed by atoms with van der Waals surface area (Å²) in [7, 11) is 0. The molecule has 51 heavy (non-hydrogen) atoms. The smallest absolute Gasteiger partial charge is 0.134 e. The molecule has 0 saturated carbocycles. The molecule has 242 valence electrons. The molecule has 0 radical (unpaired) electrons. The van der Waals surface area contributed by atoms with Crippen LogP contribution < -0.4 is 0 Å². The van der Waals surface area contributed by atoms with Crippen molar-refractivity contribution in [2.75, 3.05) is 0 Å². The van der Waals surface area contributed by atoms with Crippen LogP contribution >= 0.6 is 0 Å². The number of allylic oxidation sites excluding steroid dienone is 2. The molecule has 3 heteroatoms. The number of aromatic nitrogens is 2. The lowest BCUT2D eigenvalue weighted by molar-refractivity contribution is 0.517. The van der Waals surface area contributed by atoms with Crippen LogP contribution in [-0.2, 0) is 6.42 Å². The zero-order chi connectivity index (χ0) is 33.5. The lowest BCUT2D eigenvalue weighted by Gasteiger charge is -2.19. The number of hydrogen-bond acceptors (Lipinski definition) is 1. The number of furan rings is 1. The van der Waals surface area contributed by atoms with Crippen LogP contribution in [0.3, 0.4) is 0 Å². The normalized spacial score (nSPS) is 15.3. The van der Waals surface area contributed by atoms with Crippen LogP contribution in [0.4, 0.5) is 0 Å². The molecule has 1 atom stereocenters. The Morgan fingerprint density at radius 1 is 0.529 bits per heavy atom. The highest BCUT2D eigenvalue weighted by Gasteiger charge is 2.26. The highest BCUT2D eigenvalue weighted by molar-refractivity contribution is 6.10. The highest BCUT2D eigenvalue weighted by Crippen LogP contribution is 2.42. The minimum Gasteiger partial charge on any atom is -0.460 e. The Hall–Kier alpha value is -6.32. The second-order valence-electron chi connectivity index (χ2n) is 14.0. The molecule has 2 aliphatic carbocycles. The van der Waals surface area contributed by atoms with Crippen molar-refractivity contribution in [3.8, 4) is 22.5 Å². The van der Waals surface area contributed by atoms with Crippen LogP contribution in [0.15, 0.2) is 156 Å². The molecule has 0 N–H and O–H groups in total. The topological polar surface area (TPSA) is 23.0 Å². The SMILES string of the molecule is C1=Cc2c(c3ccccc3n2-c2ccc3c(c2)c2ccccc2n3-c2cccc(-c3cccc(C4CC=Cc5c4oc4ccccc54)c3)c2)CC1. The van der Waals surface area contributed by atoms with E-state index >= 15 is 0 Å². The van der Waals surface area contributed by atoms with Gasteiger partial charge in [0, 0.05) is 50.1 Å². The summed E-state index contributed by atoms with van der Waals surface area (Å²) < 4.78 is 11.4. The van der Waals surface area contributed by atoms with E-state index < -0.39 is 0 Å². The second-order valence-corrected chi connectivity index (χ2v) is 14.0. The third kappa shape index (κ3) is 4.31. The number of hydrogen-bond donors (Lipinski definition) is 0. The van der Waals surface area contributed by atoms with Gasteiger partial charge in [0.2, 0.25) is 0 Å². The Labute approximate surface area is 296 Å². The van der Waals surface area contributed by atoms with Crippen molar-refractivity contribution < 1.29 is 4.42 Å². The zero-order valence-electron chi connectivity index (χ0n) is 28.1. The van der Waals surface area contributed by atoms with Crippen LogP contribution in [0.1, 0.15) is 46.9 Å². The van der Waals surface area contributed by atoms with Gasteiger partial charge >= 0.3 is 0 Å². The van der Waals surface area contributed by atoms with Gasteiger partial charge in [-0.1, -0.05) is 109 Å². The highest BCUT2D eigenvalue weighted by atomic mass is 16.3. The zero-order valence-corrected chi connectivity index (χ0v) is 28.1. The molecule has 0 saturated heterocycles. The van der Waals surface area contributed by atoms with E-state index in [1.807, 2.05) is 6.07 Å². The Balaban J connectivity index is 1.03. The summed E-state index contributed by atoms with van der Waals surface area (Å²) in [4.78, 5) is 0. The summed E-state index contributed by atoms with van der Waals surface area (Å²) in [5, 5.41) is 5.06. The van der Waals surface area contributed by atoms with E-state index in [0.29, 0.717) is 0 Å². The van der Waals surface area contributed by atoms with E-state index in [0.717, 1.165) is 36.3 Å². The maximum atomic E-state index is 6.47. The molecule has 11 rings (SSSR count). The molecule has 3 heterocycles. The second kappa shape index (κ2) is 11.1.